The maximum absolute atomic E-state index is 13.0. The van der Waals surface area contributed by atoms with E-state index < -0.39 is 6.04 Å². The van der Waals surface area contributed by atoms with Crippen LogP contribution in [-0.2, 0) is 4.79 Å². The number of hydrogen-bond donors (Lipinski definition) is 1. The molecule has 1 unspecified atom stereocenters. The average Bonchev–Trinajstić information content (AvgIpc) is 3.27. The SMILES string of the molecule is CC(C)C(NC(=O)c1ccco1)C(=O)N1CCN(CC=Cc2ccccc2)CC1. The molecule has 0 saturated carbocycles. The zero-order valence-corrected chi connectivity index (χ0v) is 17.1. The van der Waals surface area contributed by atoms with Crippen molar-refractivity contribution < 1.29 is 14.0 Å². The predicted octanol–water partition coefficient (Wildman–Crippen LogP) is 2.89. The molecular weight excluding hydrogens is 366 g/mol. The lowest BCUT2D eigenvalue weighted by Crippen LogP contribution is -2.56. The first-order chi connectivity index (χ1) is 14.0. The van der Waals surface area contributed by atoms with E-state index in [1.807, 2.05) is 36.9 Å². The van der Waals surface area contributed by atoms with Gasteiger partial charge in [-0.2, -0.15) is 0 Å². The largest absolute Gasteiger partial charge is 0.459 e. The fraction of sp³-hybridized carbons (Fsp3) is 0.391. The third-order valence-corrected chi connectivity index (χ3v) is 5.12. The summed E-state index contributed by atoms with van der Waals surface area (Å²) in [6, 6.07) is 12.9. The van der Waals surface area contributed by atoms with Crippen LogP contribution in [0.4, 0.5) is 0 Å². The Morgan fingerprint density at radius 1 is 1.07 bits per heavy atom. The van der Waals surface area contributed by atoms with Gasteiger partial charge in [0.15, 0.2) is 5.76 Å². The Hall–Kier alpha value is -2.86. The molecule has 1 saturated heterocycles. The molecule has 1 fully saturated rings. The van der Waals surface area contributed by atoms with Gasteiger partial charge in [-0.25, -0.2) is 0 Å². The van der Waals surface area contributed by atoms with Crippen LogP contribution in [0.5, 0.6) is 0 Å². The molecule has 0 aliphatic carbocycles. The van der Waals surface area contributed by atoms with Crippen molar-refractivity contribution in [2.24, 2.45) is 5.92 Å². The van der Waals surface area contributed by atoms with E-state index in [0.29, 0.717) is 13.1 Å². The van der Waals surface area contributed by atoms with Crippen LogP contribution in [0.1, 0.15) is 30.0 Å². The molecule has 2 aromatic rings. The molecule has 1 N–H and O–H groups in total. The Bertz CT molecular complexity index is 807. The smallest absolute Gasteiger partial charge is 0.287 e. The van der Waals surface area contributed by atoms with Crippen LogP contribution >= 0.6 is 0 Å². The summed E-state index contributed by atoms with van der Waals surface area (Å²) in [5, 5.41) is 2.83. The summed E-state index contributed by atoms with van der Waals surface area (Å²) >= 11 is 0. The summed E-state index contributed by atoms with van der Waals surface area (Å²) in [5.41, 5.74) is 1.19. The Kier molecular flexibility index (Phi) is 7.25. The van der Waals surface area contributed by atoms with Crippen molar-refractivity contribution in [1.29, 1.82) is 0 Å². The van der Waals surface area contributed by atoms with Gasteiger partial charge in [-0.1, -0.05) is 56.3 Å². The van der Waals surface area contributed by atoms with E-state index >= 15 is 0 Å². The zero-order chi connectivity index (χ0) is 20.6. The van der Waals surface area contributed by atoms with Crippen molar-refractivity contribution in [3.05, 3.63) is 66.1 Å². The van der Waals surface area contributed by atoms with E-state index in [1.54, 1.807) is 12.1 Å². The van der Waals surface area contributed by atoms with Crippen LogP contribution in [0, 0.1) is 5.92 Å². The van der Waals surface area contributed by atoms with Crippen molar-refractivity contribution in [3.63, 3.8) is 0 Å². The lowest BCUT2D eigenvalue weighted by atomic mass is 10.0. The molecule has 6 heteroatoms. The van der Waals surface area contributed by atoms with E-state index in [1.165, 1.54) is 11.8 Å². The first-order valence-corrected chi connectivity index (χ1v) is 10.1. The molecule has 1 aromatic heterocycles. The maximum Gasteiger partial charge on any atom is 0.287 e. The molecule has 6 nitrogen and oxygen atoms in total. The van der Waals surface area contributed by atoms with Crippen LogP contribution in [0.25, 0.3) is 6.08 Å². The lowest BCUT2D eigenvalue weighted by Gasteiger charge is -2.36. The number of amides is 2. The van der Waals surface area contributed by atoms with Gasteiger partial charge in [0.2, 0.25) is 5.91 Å². The number of benzene rings is 1. The van der Waals surface area contributed by atoms with Gasteiger partial charge in [0.25, 0.3) is 5.91 Å². The van der Waals surface area contributed by atoms with Crippen molar-refractivity contribution in [3.8, 4) is 0 Å². The minimum absolute atomic E-state index is 0.00625. The minimum atomic E-state index is -0.558. The highest BCUT2D eigenvalue weighted by molar-refractivity contribution is 5.95. The molecule has 0 spiro atoms. The molecule has 2 heterocycles. The highest BCUT2D eigenvalue weighted by atomic mass is 16.3. The molecule has 29 heavy (non-hydrogen) atoms. The van der Waals surface area contributed by atoms with Gasteiger partial charge >= 0.3 is 0 Å². The summed E-state index contributed by atoms with van der Waals surface area (Å²) in [4.78, 5) is 29.5. The molecule has 1 atom stereocenters. The van der Waals surface area contributed by atoms with Crippen LogP contribution in [0.15, 0.2) is 59.2 Å². The van der Waals surface area contributed by atoms with E-state index in [4.69, 9.17) is 4.42 Å². The highest BCUT2D eigenvalue weighted by Crippen LogP contribution is 2.12. The Morgan fingerprint density at radius 2 is 1.79 bits per heavy atom. The normalized spacial score (nSPS) is 16.3. The number of carbonyl (C=O) groups excluding carboxylic acids is 2. The van der Waals surface area contributed by atoms with Crippen LogP contribution in [0.2, 0.25) is 0 Å². The van der Waals surface area contributed by atoms with Crippen molar-refractivity contribution >= 4 is 17.9 Å². The topological polar surface area (TPSA) is 65.8 Å². The van der Waals surface area contributed by atoms with E-state index in [2.05, 4.69) is 34.5 Å². The van der Waals surface area contributed by atoms with Gasteiger partial charge in [-0.15, -0.1) is 0 Å². The first-order valence-electron chi connectivity index (χ1n) is 10.1. The minimum Gasteiger partial charge on any atom is -0.459 e. The van der Waals surface area contributed by atoms with Crippen molar-refractivity contribution in [2.45, 2.75) is 19.9 Å². The molecule has 3 rings (SSSR count). The fourth-order valence-corrected chi connectivity index (χ4v) is 3.38. The second-order valence-corrected chi connectivity index (χ2v) is 7.61. The van der Waals surface area contributed by atoms with Gasteiger partial charge in [-0.3, -0.25) is 14.5 Å². The Balaban J connectivity index is 1.49. The van der Waals surface area contributed by atoms with E-state index in [9.17, 15) is 9.59 Å². The van der Waals surface area contributed by atoms with Crippen molar-refractivity contribution in [1.82, 2.24) is 15.1 Å². The number of nitrogens with one attached hydrogen (secondary N) is 1. The van der Waals surface area contributed by atoms with Gasteiger partial charge in [0.05, 0.1) is 6.26 Å². The maximum atomic E-state index is 13.0. The predicted molar refractivity (Wildman–Crippen MR) is 113 cm³/mol. The molecule has 2 amide bonds. The number of nitrogens with zero attached hydrogens (tertiary/aromatic N) is 2. The average molecular weight is 396 g/mol. The van der Waals surface area contributed by atoms with Crippen LogP contribution in [0.3, 0.4) is 0 Å². The summed E-state index contributed by atoms with van der Waals surface area (Å²) in [7, 11) is 0. The van der Waals surface area contributed by atoms with E-state index in [0.717, 1.165) is 19.6 Å². The fourth-order valence-electron chi connectivity index (χ4n) is 3.38. The zero-order valence-electron chi connectivity index (χ0n) is 17.1. The highest BCUT2D eigenvalue weighted by Gasteiger charge is 2.31. The van der Waals surface area contributed by atoms with Gasteiger partial charge < -0.3 is 14.6 Å². The number of piperazine rings is 1. The summed E-state index contributed by atoms with van der Waals surface area (Å²) < 4.78 is 5.13. The van der Waals surface area contributed by atoms with Gasteiger partial charge in [-0.05, 0) is 23.6 Å². The molecule has 1 aromatic carbocycles. The van der Waals surface area contributed by atoms with Gasteiger partial charge in [0.1, 0.15) is 6.04 Å². The number of furan rings is 1. The molecule has 0 bridgehead atoms. The second kappa shape index (κ2) is 10.1. The molecule has 0 radical (unpaired) electrons. The third-order valence-electron chi connectivity index (χ3n) is 5.12. The van der Waals surface area contributed by atoms with Crippen molar-refractivity contribution in [2.75, 3.05) is 32.7 Å². The van der Waals surface area contributed by atoms with Gasteiger partial charge in [0, 0.05) is 32.7 Å². The summed E-state index contributed by atoms with van der Waals surface area (Å²) in [6.07, 6.45) is 5.73. The van der Waals surface area contributed by atoms with E-state index in [-0.39, 0.29) is 23.5 Å². The lowest BCUT2D eigenvalue weighted by molar-refractivity contribution is -0.136. The molecule has 1 aliphatic rings. The monoisotopic (exact) mass is 395 g/mol. The molecule has 1 aliphatic heterocycles. The quantitative estimate of drug-likeness (QED) is 0.783. The van der Waals surface area contributed by atoms with Crippen LogP contribution in [-0.4, -0.2) is 60.4 Å². The molecule has 154 valence electrons. The third kappa shape index (κ3) is 5.81. The number of carbonyl (C=O) groups is 2. The Morgan fingerprint density at radius 3 is 2.41 bits per heavy atom. The molecular formula is C23H29N3O3. The summed E-state index contributed by atoms with van der Waals surface area (Å²) in [6.45, 7) is 7.71. The number of hydrogen-bond acceptors (Lipinski definition) is 4. The standard InChI is InChI=1S/C23H29N3O3/c1-18(2)21(24-22(27)20-11-7-17-29-20)23(28)26-15-13-25(14-16-26)12-6-10-19-8-4-3-5-9-19/h3-11,17-18,21H,12-16H2,1-2H3,(H,24,27). The Labute approximate surface area is 172 Å². The summed E-state index contributed by atoms with van der Waals surface area (Å²) in [5.74, 6) is -0.169. The second-order valence-electron chi connectivity index (χ2n) is 7.61. The van der Waals surface area contributed by atoms with Crippen LogP contribution < -0.4 is 5.32 Å². The number of rotatable bonds is 7. The first kappa shape index (κ1) is 20.9.